The fourth-order valence-corrected chi connectivity index (χ4v) is 6.05. The van der Waals surface area contributed by atoms with Crippen LogP contribution in [0.3, 0.4) is 0 Å². The largest absolute Gasteiger partial charge is 0.465 e. The van der Waals surface area contributed by atoms with Crippen LogP contribution in [0.2, 0.25) is 0 Å². The fraction of sp³-hybridized carbons (Fsp3) is 0.720. The lowest BCUT2D eigenvalue weighted by Crippen LogP contribution is -2.53. The van der Waals surface area contributed by atoms with E-state index in [1.807, 2.05) is 13.8 Å². The summed E-state index contributed by atoms with van der Waals surface area (Å²) in [6.45, 7) is 5.07. The summed E-state index contributed by atoms with van der Waals surface area (Å²) in [6.07, 6.45) is -2.51. The van der Waals surface area contributed by atoms with Gasteiger partial charge in [-0.1, -0.05) is 13.8 Å². The number of amides is 2. The molecule has 37 heavy (non-hydrogen) atoms. The highest BCUT2D eigenvalue weighted by molar-refractivity contribution is 5.84. The number of rotatable bonds is 6. The smallest absolute Gasteiger partial charge is 0.417 e. The quantitative estimate of drug-likeness (QED) is 0.519. The lowest BCUT2D eigenvalue weighted by Gasteiger charge is -2.41. The number of carbonyl (C=O) groups is 2. The second-order valence-corrected chi connectivity index (χ2v) is 10.6. The van der Waals surface area contributed by atoms with E-state index in [1.165, 1.54) is 4.90 Å². The van der Waals surface area contributed by atoms with E-state index in [-0.39, 0.29) is 54.4 Å². The lowest BCUT2D eigenvalue weighted by atomic mass is 9.73. The molecule has 0 spiro atoms. The lowest BCUT2D eigenvalue weighted by molar-refractivity contribution is -0.146. The van der Waals surface area contributed by atoms with Gasteiger partial charge in [0.1, 0.15) is 0 Å². The molecule has 206 valence electrons. The van der Waals surface area contributed by atoms with Gasteiger partial charge < -0.3 is 30.1 Å². The molecule has 1 unspecified atom stereocenters. The number of carboxylic acid groups (broad SMARTS) is 1. The van der Waals surface area contributed by atoms with Crippen LogP contribution in [-0.4, -0.2) is 72.0 Å². The molecular formula is C25H35F3N4O5. The van der Waals surface area contributed by atoms with E-state index < -0.39 is 29.3 Å². The molecule has 1 aromatic rings. The van der Waals surface area contributed by atoms with Crippen molar-refractivity contribution in [3.63, 3.8) is 0 Å². The van der Waals surface area contributed by atoms with Crippen molar-refractivity contribution < 1.29 is 37.3 Å². The Kier molecular flexibility index (Phi) is 8.01. The molecule has 3 aliphatic rings. The van der Waals surface area contributed by atoms with Crippen LogP contribution in [-0.2, 0) is 27.0 Å². The third kappa shape index (κ3) is 5.70. The molecule has 0 bridgehead atoms. The molecule has 3 N–H and O–H groups in total. The van der Waals surface area contributed by atoms with E-state index in [0.29, 0.717) is 32.3 Å². The molecule has 3 heterocycles. The predicted octanol–water partition coefficient (Wildman–Crippen LogP) is 3.34. The van der Waals surface area contributed by atoms with Crippen LogP contribution < -0.4 is 10.6 Å². The zero-order valence-corrected chi connectivity index (χ0v) is 21.3. The molecule has 2 aliphatic heterocycles. The van der Waals surface area contributed by atoms with Gasteiger partial charge in [0, 0.05) is 45.1 Å². The van der Waals surface area contributed by atoms with Gasteiger partial charge >= 0.3 is 12.3 Å². The van der Waals surface area contributed by atoms with Gasteiger partial charge in [-0.15, -0.1) is 0 Å². The van der Waals surface area contributed by atoms with E-state index in [9.17, 15) is 27.9 Å². The van der Waals surface area contributed by atoms with Crippen molar-refractivity contribution in [3.05, 3.63) is 29.1 Å². The number of carbonyl (C=O) groups excluding carboxylic acids is 1. The van der Waals surface area contributed by atoms with Gasteiger partial charge in [-0.3, -0.25) is 9.78 Å². The van der Waals surface area contributed by atoms with Gasteiger partial charge in [0.15, 0.2) is 0 Å². The number of aromatic nitrogens is 1. The zero-order valence-electron chi connectivity index (χ0n) is 21.3. The second kappa shape index (κ2) is 10.7. The van der Waals surface area contributed by atoms with E-state index in [1.54, 1.807) is 7.11 Å². The second-order valence-electron chi connectivity index (χ2n) is 10.6. The predicted molar refractivity (Wildman–Crippen MR) is 127 cm³/mol. The number of hydrogen-bond acceptors (Lipinski definition) is 6. The average molecular weight is 529 g/mol. The molecule has 1 aliphatic carbocycles. The molecule has 9 nitrogen and oxygen atoms in total. The highest BCUT2D eigenvalue weighted by Gasteiger charge is 2.51. The maximum absolute atomic E-state index is 14.1. The van der Waals surface area contributed by atoms with Crippen molar-refractivity contribution in [2.75, 3.05) is 26.9 Å². The van der Waals surface area contributed by atoms with Crippen molar-refractivity contribution >= 4 is 12.0 Å². The van der Waals surface area contributed by atoms with Gasteiger partial charge in [0.2, 0.25) is 5.91 Å². The number of nitrogens with zero attached hydrogens (tertiary/aromatic N) is 2. The Morgan fingerprint density at radius 1 is 1.32 bits per heavy atom. The number of ether oxygens (including phenoxy) is 2. The van der Waals surface area contributed by atoms with Crippen LogP contribution in [0.25, 0.3) is 0 Å². The average Bonchev–Trinajstić information content (AvgIpc) is 3.27. The Morgan fingerprint density at radius 2 is 2.08 bits per heavy atom. The van der Waals surface area contributed by atoms with Gasteiger partial charge in [-0.2, -0.15) is 13.2 Å². The fourth-order valence-electron chi connectivity index (χ4n) is 6.05. The molecular weight excluding hydrogens is 493 g/mol. The highest BCUT2D eigenvalue weighted by atomic mass is 19.4. The van der Waals surface area contributed by atoms with Crippen molar-refractivity contribution in [1.29, 1.82) is 0 Å². The normalized spacial score (nSPS) is 30.3. The molecule has 1 aromatic heterocycles. The number of fused-ring (bicyclic) bond motifs is 1. The summed E-state index contributed by atoms with van der Waals surface area (Å²) in [5.74, 6) is -0.186. The first kappa shape index (κ1) is 27.6. The Hall–Kier alpha value is -2.44. The summed E-state index contributed by atoms with van der Waals surface area (Å²) in [7, 11) is 1.65. The molecule has 0 radical (unpaired) electrons. The van der Waals surface area contributed by atoms with E-state index in [0.717, 1.165) is 18.9 Å². The summed E-state index contributed by atoms with van der Waals surface area (Å²) in [5, 5.41) is 15.3. The standard InChI is InChI=1S/C25H35F3N4O5/c1-14(2)24(6-4-17(9-24)30-18-5-7-37-13-20(18)36-3)22(33)32-11-15-8-16(25(26,27)28)10-29-21(15)19(12-32)31-23(34)35/h8,10,14,17-20,30-31H,4-7,9,11-13H2,1-3H3,(H,34,35)/t17-,18+,19?,20-,24+/m1/s1. The Labute approximate surface area is 214 Å². The van der Waals surface area contributed by atoms with Crippen LogP contribution in [0, 0.1) is 11.3 Å². The van der Waals surface area contributed by atoms with Crippen LogP contribution >= 0.6 is 0 Å². The molecule has 0 aromatic carbocycles. The van der Waals surface area contributed by atoms with Gasteiger partial charge in [0.25, 0.3) is 0 Å². The summed E-state index contributed by atoms with van der Waals surface area (Å²) < 4.78 is 51.2. The first-order valence-electron chi connectivity index (χ1n) is 12.7. The maximum atomic E-state index is 14.1. The van der Waals surface area contributed by atoms with Crippen LogP contribution in [0.4, 0.5) is 18.0 Å². The van der Waals surface area contributed by atoms with Crippen molar-refractivity contribution in [2.45, 2.75) is 76.5 Å². The molecule has 5 atom stereocenters. The monoisotopic (exact) mass is 528 g/mol. The topological polar surface area (TPSA) is 113 Å². The number of pyridine rings is 1. The third-order valence-electron chi connectivity index (χ3n) is 8.15. The molecule has 2 fully saturated rings. The van der Waals surface area contributed by atoms with Gasteiger partial charge in [-0.25, -0.2) is 4.79 Å². The Bertz CT molecular complexity index is 1010. The van der Waals surface area contributed by atoms with Crippen molar-refractivity contribution in [2.24, 2.45) is 11.3 Å². The van der Waals surface area contributed by atoms with Crippen LogP contribution in [0.5, 0.6) is 0 Å². The SMILES string of the molecule is CO[C@@H]1COCC[C@@H]1N[C@@H]1CC[C@@](C(=O)N2Cc3cc(C(F)(F)F)cnc3C(NC(=O)O)C2)(C(C)C)C1. The first-order chi connectivity index (χ1) is 17.4. The number of methoxy groups -OCH3 is 1. The Balaban J connectivity index is 1.57. The number of hydrogen-bond donors (Lipinski definition) is 3. The van der Waals surface area contributed by atoms with Crippen molar-refractivity contribution in [1.82, 2.24) is 20.5 Å². The molecule has 12 heteroatoms. The summed E-state index contributed by atoms with van der Waals surface area (Å²) >= 11 is 0. The van der Waals surface area contributed by atoms with E-state index in [2.05, 4.69) is 15.6 Å². The minimum Gasteiger partial charge on any atom is -0.465 e. The van der Waals surface area contributed by atoms with Crippen molar-refractivity contribution in [3.8, 4) is 0 Å². The molecule has 4 rings (SSSR count). The number of alkyl halides is 3. The minimum atomic E-state index is -4.60. The van der Waals surface area contributed by atoms with Gasteiger partial charge in [-0.05, 0) is 43.2 Å². The Morgan fingerprint density at radius 3 is 2.73 bits per heavy atom. The molecule has 1 saturated heterocycles. The van der Waals surface area contributed by atoms with Crippen LogP contribution in [0.1, 0.15) is 62.4 Å². The summed E-state index contributed by atoms with van der Waals surface area (Å²) in [5.41, 5.74) is -1.23. The number of nitrogens with one attached hydrogen (secondary N) is 2. The zero-order chi connectivity index (χ0) is 27.0. The molecule has 2 amide bonds. The highest BCUT2D eigenvalue weighted by Crippen LogP contribution is 2.47. The van der Waals surface area contributed by atoms with E-state index >= 15 is 0 Å². The van der Waals surface area contributed by atoms with E-state index in [4.69, 9.17) is 9.47 Å². The minimum absolute atomic E-state index is 0.00871. The summed E-state index contributed by atoms with van der Waals surface area (Å²) in [4.78, 5) is 31.0. The van der Waals surface area contributed by atoms with Gasteiger partial charge in [0.05, 0.1) is 35.4 Å². The van der Waals surface area contributed by atoms with Crippen LogP contribution in [0.15, 0.2) is 12.3 Å². The molecule has 1 saturated carbocycles. The first-order valence-corrected chi connectivity index (χ1v) is 12.7. The maximum Gasteiger partial charge on any atom is 0.417 e. The summed E-state index contributed by atoms with van der Waals surface area (Å²) in [6, 6.07) is 0.238. The third-order valence-corrected chi connectivity index (χ3v) is 8.15. The number of halogens is 3.